The first-order valence-corrected chi connectivity index (χ1v) is 9.92. The molecule has 0 aliphatic heterocycles. The molecule has 0 aromatic carbocycles. The van der Waals surface area contributed by atoms with Crippen LogP contribution in [-0.2, 0) is 23.0 Å². The Kier molecular flexibility index (Phi) is 6.18. The molecule has 0 aliphatic rings. The van der Waals surface area contributed by atoms with Crippen molar-refractivity contribution in [1.29, 1.82) is 0 Å². The molecule has 7 nitrogen and oxygen atoms in total. The van der Waals surface area contributed by atoms with Gasteiger partial charge in [0.1, 0.15) is 5.75 Å². The quantitative estimate of drug-likeness (QED) is 0.613. The summed E-state index contributed by atoms with van der Waals surface area (Å²) in [6, 6.07) is 3.46. The van der Waals surface area contributed by atoms with Crippen molar-refractivity contribution in [2.45, 2.75) is 37.6 Å². The molecule has 1 atom stereocenters. The maximum atomic E-state index is 12.8. The van der Waals surface area contributed by atoms with E-state index in [-0.39, 0.29) is 22.4 Å². The van der Waals surface area contributed by atoms with E-state index < -0.39 is 23.8 Å². The number of methoxy groups -OCH3 is 1. The first-order chi connectivity index (χ1) is 13.4. The number of nitrogens with one attached hydrogen (secondary N) is 1. The molecule has 28 heavy (non-hydrogen) atoms. The minimum Gasteiger partial charge on any atom is -0.496 e. The molecule has 3 aromatic rings. The van der Waals surface area contributed by atoms with Gasteiger partial charge in [-0.2, -0.15) is 4.98 Å². The van der Waals surface area contributed by atoms with Gasteiger partial charge in [0, 0.05) is 17.3 Å². The smallest absolute Gasteiger partial charge is 0.272 e. The fourth-order valence-electron chi connectivity index (χ4n) is 2.69. The molecule has 0 aliphatic carbocycles. The van der Waals surface area contributed by atoms with Gasteiger partial charge in [0.05, 0.1) is 34.9 Å². The third-order valence-corrected chi connectivity index (χ3v) is 5.34. The van der Waals surface area contributed by atoms with E-state index in [4.69, 9.17) is 9.47 Å². The third-order valence-electron chi connectivity index (χ3n) is 4.18. The van der Waals surface area contributed by atoms with Crippen LogP contribution in [0.2, 0.25) is 0 Å². The summed E-state index contributed by atoms with van der Waals surface area (Å²) in [5.41, 5.74) is 2.95. The number of pyridine rings is 2. The number of nitrogens with zero attached hydrogens (tertiary/aromatic N) is 3. The van der Waals surface area contributed by atoms with E-state index in [1.807, 2.05) is 13.8 Å². The van der Waals surface area contributed by atoms with Crippen molar-refractivity contribution in [3.8, 4) is 11.6 Å². The van der Waals surface area contributed by atoms with E-state index in [9.17, 15) is 13.0 Å². The van der Waals surface area contributed by atoms with Gasteiger partial charge >= 0.3 is 0 Å². The van der Waals surface area contributed by atoms with Crippen LogP contribution in [0, 0.1) is 6.92 Å². The van der Waals surface area contributed by atoms with Gasteiger partial charge in [-0.25, -0.2) is 13.8 Å². The van der Waals surface area contributed by atoms with Crippen molar-refractivity contribution in [1.82, 2.24) is 19.9 Å². The lowest BCUT2D eigenvalue weighted by atomic mass is 10.2. The molecule has 1 unspecified atom stereocenters. The number of rotatable bonds is 8. The van der Waals surface area contributed by atoms with Crippen LogP contribution in [0.15, 0.2) is 23.5 Å². The second kappa shape index (κ2) is 8.59. The van der Waals surface area contributed by atoms with E-state index in [1.54, 1.807) is 25.4 Å². The number of hydrogen-bond donors (Lipinski definition) is 1. The normalized spacial score (nSPS) is 12.5. The van der Waals surface area contributed by atoms with Gasteiger partial charge in [-0.15, -0.1) is 0 Å². The summed E-state index contributed by atoms with van der Waals surface area (Å²) in [6.45, 7) is 2.97. The van der Waals surface area contributed by atoms with Crippen molar-refractivity contribution in [2.75, 3.05) is 13.7 Å². The lowest BCUT2D eigenvalue weighted by Crippen LogP contribution is -2.09. The summed E-state index contributed by atoms with van der Waals surface area (Å²) in [6.07, 6.45) is -0.451. The van der Waals surface area contributed by atoms with E-state index in [1.165, 1.54) is 0 Å². The van der Waals surface area contributed by atoms with Crippen molar-refractivity contribution < 1.29 is 22.5 Å². The Hall–Kier alpha value is -2.62. The SMILES string of the molecule is CCc1cc2[nH]c(S(=O)Cc3nccc(OC)c3C)nc2nc1OCC(F)F. The molecule has 10 heteroatoms. The molecule has 0 saturated carbocycles. The zero-order valence-electron chi connectivity index (χ0n) is 15.7. The molecule has 0 spiro atoms. The number of aromatic amines is 1. The minimum atomic E-state index is -2.59. The van der Waals surface area contributed by atoms with Crippen molar-refractivity contribution >= 4 is 22.0 Å². The predicted molar refractivity (Wildman–Crippen MR) is 100 cm³/mol. The fourth-order valence-corrected chi connectivity index (χ4v) is 3.78. The van der Waals surface area contributed by atoms with Gasteiger partial charge in [0.15, 0.2) is 17.4 Å². The first kappa shape index (κ1) is 20.1. The zero-order valence-corrected chi connectivity index (χ0v) is 16.5. The topological polar surface area (TPSA) is 90.0 Å². The maximum Gasteiger partial charge on any atom is 0.272 e. The Balaban J connectivity index is 1.88. The first-order valence-electron chi connectivity index (χ1n) is 8.60. The average molecular weight is 410 g/mol. The molecule has 0 amide bonds. The summed E-state index contributed by atoms with van der Waals surface area (Å²) in [5.74, 6) is 0.934. The number of H-pyrrole nitrogens is 1. The number of aromatic nitrogens is 4. The largest absolute Gasteiger partial charge is 0.496 e. The van der Waals surface area contributed by atoms with Gasteiger partial charge in [-0.3, -0.25) is 9.19 Å². The Labute approximate surface area is 163 Å². The van der Waals surface area contributed by atoms with Crippen LogP contribution in [0.5, 0.6) is 11.6 Å². The summed E-state index contributed by atoms with van der Waals surface area (Å²) in [7, 11) is 0.0632. The molecule has 0 radical (unpaired) electrons. The summed E-state index contributed by atoms with van der Waals surface area (Å²) < 4.78 is 48.0. The third kappa shape index (κ3) is 4.27. The standard InChI is InChI=1S/C18H20F2N4O3S/c1-4-11-7-12-16(23-17(11)27-8-15(19)20)24-18(22-12)28(25)9-13-10(2)14(26-3)5-6-21-13/h5-7,15H,4,8-9H2,1-3H3,(H,22,23,24). The number of hydrogen-bond acceptors (Lipinski definition) is 6. The highest BCUT2D eigenvalue weighted by Crippen LogP contribution is 2.24. The number of aryl methyl sites for hydroxylation is 1. The number of halogens is 2. The van der Waals surface area contributed by atoms with Crippen molar-refractivity contribution in [3.05, 3.63) is 35.2 Å². The Morgan fingerprint density at radius 2 is 2.11 bits per heavy atom. The molecule has 0 bridgehead atoms. The number of alkyl halides is 2. The van der Waals surface area contributed by atoms with Gasteiger partial charge in [-0.1, -0.05) is 6.92 Å². The predicted octanol–water partition coefficient (Wildman–Crippen LogP) is 3.18. The molecular weight excluding hydrogens is 390 g/mol. The Morgan fingerprint density at radius 3 is 2.79 bits per heavy atom. The van der Waals surface area contributed by atoms with E-state index in [2.05, 4.69) is 19.9 Å². The van der Waals surface area contributed by atoms with Gasteiger partial charge in [-0.05, 0) is 25.5 Å². The van der Waals surface area contributed by atoms with Crippen LogP contribution in [-0.4, -0.2) is 44.3 Å². The molecule has 1 N–H and O–H groups in total. The Morgan fingerprint density at radius 1 is 1.32 bits per heavy atom. The summed E-state index contributed by atoms with van der Waals surface area (Å²) in [4.78, 5) is 15.7. The van der Waals surface area contributed by atoms with Crippen LogP contribution in [0.3, 0.4) is 0 Å². The lowest BCUT2D eigenvalue weighted by Gasteiger charge is -2.08. The van der Waals surface area contributed by atoms with Crippen LogP contribution in [0.4, 0.5) is 8.78 Å². The van der Waals surface area contributed by atoms with E-state index in [0.29, 0.717) is 28.9 Å². The number of fused-ring (bicyclic) bond motifs is 1. The van der Waals surface area contributed by atoms with Gasteiger partial charge in [0.2, 0.25) is 5.88 Å². The highest BCUT2D eigenvalue weighted by atomic mass is 32.2. The molecule has 150 valence electrons. The second-order valence-electron chi connectivity index (χ2n) is 6.00. The molecule has 3 rings (SSSR count). The fraction of sp³-hybridized carbons (Fsp3) is 0.389. The van der Waals surface area contributed by atoms with Crippen molar-refractivity contribution in [3.63, 3.8) is 0 Å². The Bertz CT molecular complexity index is 1010. The molecule has 3 aromatic heterocycles. The van der Waals surface area contributed by atoms with Gasteiger partial charge in [0.25, 0.3) is 6.43 Å². The van der Waals surface area contributed by atoms with Gasteiger partial charge < -0.3 is 14.5 Å². The monoisotopic (exact) mass is 410 g/mol. The number of imidazole rings is 1. The maximum absolute atomic E-state index is 12.8. The van der Waals surface area contributed by atoms with Crippen LogP contribution in [0.25, 0.3) is 11.2 Å². The second-order valence-corrected chi connectivity index (χ2v) is 7.36. The number of ether oxygens (including phenoxy) is 2. The van der Waals surface area contributed by atoms with E-state index >= 15 is 0 Å². The van der Waals surface area contributed by atoms with Crippen LogP contribution < -0.4 is 9.47 Å². The van der Waals surface area contributed by atoms with Crippen LogP contribution >= 0.6 is 0 Å². The van der Waals surface area contributed by atoms with Crippen LogP contribution in [0.1, 0.15) is 23.7 Å². The molecule has 0 saturated heterocycles. The highest BCUT2D eigenvalue weighted by molar-refractivity contribution is 7.84. The molecular formula is C18H20F2N4O3S. The van der Waals surface area contributed by atoms with E-state index in [0.717, 1.165) is 5.56 Å². The lowest BCUT2D eigenvalue weighted by molar-refractivity contribution is 0.0792. The summed E-state index contributed by atoms with van der Waals surface area (Å²) in [5, 5.41) is 0.236. The molecule has 0 fully saturated rings. The summed E-state index contributed by atoms with van der Waals surface area (Å²) >= 11 is 0. The van der Waals surface area contributed by atoms with Crippen molar-refractivity contribution in [2.24, 2.45) is 0 Å². The molecule has 3 heterocycles. The average Bonchev–Trinajstić information content (AvgIpc) is 3.10. The highest BCUT2D eigenvalue weighted by Gasteiger charge is 2.17. The minimum absolute atomic E-state index is 0.115. The zero-order chi connectivity index (χ0) is 20.3.